The molecule has 0 fully saturated rings. The summed E-state index contributed by atoms with van der Waals surface area (Å²) in [5.41, 5.74) is 6.66. The van der Waals surface area contributed by atoms with E-state index < -0.39 is 11.7 Å². The number of nitrogens with zero attached hydrogens (tertiary/aromatic N) is 1. The van der Waals surface area contributed by atoms with E-state index in [0.717, 1.165) is 18.3 Å². The smallest absolute Gasteiger partial charge is 0.375 e. The molecule has 0 aliphatic carbocycles. The molecule has 0 amide bonds. The van der Waals surface area contributed by atoms with Crippen molar-refractivity contribution in [1.29, 1.82) is 0 Å². The van der Waals surface area contributed by atoms with Crippen molar-refractivity contribution in [2.24, 2.45) is 10.8 Å². The normalized spacial score (nSPS) is 11.8. The van der Waals surface area contributed by atoms with Crippen LogP contribution in [0, 0.1) is 0 Å². The largest absolute Gasteiger partial charge is 0.416 e. The Hall–Kier alpha value is -1.34. The zero-order valence-electron chi connectivity index (χ0n) is 8.25. The molecule has 0 saturated carbocycles. The van der Waals surface area contributed by atoms with Crippen molar-refractivity contribution in [2.75, 3.05) is 0 Å². The Labute approximate surface area is 105 Å². The first kappa shape index (κ1) is 13.7. The van der Waals surface area contributed by atoms with E-state index in [2.05, 4.69) is 22.7 Å². The third kappa shape index (κ3) is 4.58. The molecule has 1 rings (SSSR count). The van der Waals surface area contributed by atoms with E-state index in [1.807, 2.05) is 0 Å². The van der Waals surface area contributed by atoms with Gasteiger partial charge in [0.2, 0.25) is 0 Å². The zero-order chi connectivity index (χ0) is 13.1. The van der Waals surface area contributed by atoms with Gasteiger partial charge in [-0.15, -0.1) is 0 Å². The Kier molecular flexibility index (Phi) is 4.30. The molecule has 0 aliphatic rings. The van der Waals surface area contributed by atoms with Gasteiger partial charge in [0, 0.05) is 5.02 Å². The van der Waals surface area contributed by atoms with E-state index in [-0.39, 0.29) is 15.7 Å². The highest BCUT2D eigenvalue weighted by molar-refractivity contribution is 7.80. The van der Waals surface area contributed by atoms with Gasteiger partial charge in [-0.1, -0.05) is 11.6 Å². The molecule has 0 unspecified atom stereocenters. The number of rotatable bonds is 2. The van der Waals surface area contributed by atoms with Crippen LogP contribution in [0.2, 0.25) is 5.02 Å². The zero-order valence-corrected chi connectivity index (χ0v) is 9.83. The van der Waals surface area contributed by atoms with Crippen LogP contribution in [0.1, 0.15) is 11.1 Å². The lowest BCUT2D eigenvalue weighted by Crippen LogP contribution is -2.24. The molecule has 3 N–H and O–H groups in total. The van der Waals surface area contributed by atoms with Crippen molar-refractivity contribution in [3.8, 4) is 0 Å². The Balaban J connectivity index is 2.98. The Bertz CT molecular complexity index is 459. The van der Waals surface area contributed by atoms with Crippen LogP contribution in [0.4, 0.5) is 13.2 Å². The molecule has 0 radical (unpaired) electrons. The van der Waals surface area contributed by atoms with Gasteiger partial charge in [0.05, 0.1) is 11.8 Å². The average Bonchev–Trinajstić information content (AvgIpc) is 2.14. The predicted octanol–water partition coefficient (Wildman–Crippen LogP) is 2.53. The summed E-state index contributed by atoms with van der Waals surface area (Å²) >= 11 is 10.0. The third-order valence-electron chi connectivity index (χ3n) is 1.64. The molecule has 8 heteroatoms. The lowest BCUT2D eigenvalue weighted by molar-refractivity contribution is -0.137. The number of nitrogens with two attached hydrogens (primary N) is 1. The molecule has 0 aromatic heterocycles. The maximum Gasteiger partial charge on any atom is 0.416 e. The summed E-state index contributed by atoms with van der Waals surface area (Å²) in [5.74, 6) is 0. The molecular formula is C9H7ClF3N3S. The molecule has 0 spiro atoms. The molecule has 0 atom stereocenters. The topological polar surface area (TPSA) is 50.4 Å². The van der Waals surface area contributed by atoms with E-state index >= 15 is 0 Å². The number of hydrogen-bond donors (Lipinski definition) is 2. The monoisotopic (exact) mass is 281 g/mol. The molecule has 1 aromatic carbocycles. The minimum Gasteiger partial charge on any atom is -0.375 e. The molecule has 0 aliphatic heterocycles. The van der Waals surface area contributed by atoms with Crippen LogP contribution in [0.15, 0.2) is 23.3 Å². The fourth-order valence-corrected chi connectivity index (χ4v) is 1.32. The number of halogens is 4. The first-order chi connectivity index (χ1) is 7.79. The quantitative estimate of drug-likeness (QED) is 0.497. The van der Waals surface area contributed by atoms with E-state index in [9.17, 15) is 13.2 Å². The van der Waals surface area contributed by atoms with Crippen molar-refractivity contribution < 1.29 is 13.2 Å². The first-order valence-corrected chi connectivity index (χ1v) is 5.04. The molecule has 1 aromatic rings. The number of hydrazone groups is 1. The fourth-order valence-electron chi connectivity index (χ4n) is 1.02. The number of hydrogen-bond acceptors (Lipinski definition) is 2. The van der Waals surface area contributed by atoms with E-state index in [1.54, 1.807) is 0 Å². The summed E-state index contributed by atoms with van der Waals surface area (Å²) < 4.78 is 37.3. The highest BCUT2D eigenvalue weighted by Crippen LogP contribution is 2.31. The van der Waals surface area contributed by atoms with Gasteiger partial charge in [-0.25, -0.2) is 0 Å². The average molecular weight is 282 g/mol. The Morgan fingerprint density at radius 3 is 2.59 bits per heavy atom. The predicted molar refractivity (Wildman–Crippen MR) is 64.0 cm³/mol. The number of benzene rings is 1. The SMILES string of the molecule is NC(=S)NN=Cc1cc(Cl)cc(C(F)(F)F)c1. The second-order valence-electron chi connectivity index (χ2n) is 3.01. The van der Waals surface area contributed by atoms with Gasteiger partial charge in [0.1, 0.15) is 0 Å². The number of thiocarbonyl (C=S) groups is 1. The second-order valence-corrected chi connectivity index (χ2v) is 3.88. The molecule has 92 valence electrons. The summed E-state index contributed by atoms with van der Waals surface area (Å²) in [6.45, 7) is 0. The Morgan fingerprint density at radius 2 is 2.06 bits per heavy atom. The van der Waals surface area contributed by atoms with Gasteiger partial charge in [-0.05, 0) is 36.0 Å². The summed E-state index contributed by atoms with van der Waals surface area (Å²) in [6, 6.07) is 3.08. The molecule has 0 bridgehead atoms. The lowest BCUT2D eigenvalue weighted by atomic mass is 10.1. The van der Waals surface area contributed by atoms with Crippen LogP contribution in [0.25, 0.3) is 0 Å². The van der Waals surface area contributed by atoms with Gasteiger partial charge in [0.15, 0.2) is 5.11 Å². The van der Waals surface area contributed by atoms with Crippen LogP contribution >= 0.6 is 23.8 Å². The van der Waals surface area contributed by atoms with E-state index in [1.165, 1.54) is 6.07 Å². The summed E-state index contributed by atoms with van der Waals surface area (Å²) in [5, 5.41) is 3.42. The summed E-state index contributed by atoms with van der Waals surface area (Å²) in [7, 11) is 0. The van der Waals surface area contributed by atoms with Crippen molar-refractivity contribution >= 4 is 35.1 Å². The molecule has 17 heavy (non-hydrogen) atoms. The van der Waals surface area contributed by atoms with Crippen LogP contribution in [0.3, 0.4) is 0 Å². The summed E-state index contributed by atoms with van der Waals surface area (Å²) in [6.07, 6.45) is -3.32. The number of nitrogens with one attached hydrogen (secondary N) is 1. The highest BCUT2D eigenvalue weighted by Gasteiger charge is 2.30. The van der Waals surface area contributed by atoms with Crippen LogP contribution in [-0.4, -0.2) is 11.3 Å². The van der Waals surface area contributed by atoms with Crippen molar-refractivity contribution in [3.63, 3.8) is 0 Å². The maximum absolute atomic E-state index is 12.4. The minimum absolute atomic E-state index is 0.0309. The van der Waals surface area contributed by atoms with Gasteiger partial charge in [0.25, 0.3) is 0 Å². The maximum atomic E-state index is 12.4. The van der Waals surface area contributed by atoms with E-state index in [4.69, 9.17) is 17.3 Å². The van der Waals surface area contributed by atoms with Gasteiger partial charge in [-0.3, -0.25) is 5.43 Å². The second kappa shape index (κ2) is 5.33. The van der Waals surface area contributed by atoms with Gasteiger partial charge in [-0.2, -0.15) is 18.3 Å². The highest BCUT2D eigenvalue weighted by atomic mass is 35.5. The van der Waals surface area contributed by atoms with E-state index in [0.29, 0.717) is 0 Å². The number of alkyl halides is 3. The van der Waals surface area contributed by atoms with Gasteiger partial charge >= 0.3 is 6.18 Å². The van der Waals surface area contributed by atoms with Crippen LogP contribution in [0.5, 0.6) is 0 Å². The molecule has 3 nitrogen and oxygen atoms in total. The van der Waals surface area contributed by atoms with Crippen LogP contribution in [-0.2, 0) is 6.18 Å². The fraction of sp³-hybridized carbons (Fsp3) is 0.111. The minimum atomic E-state index is -4.45. The molecular weight excluding hydrogens is 275 g/mol. The van der Waals surface area contributed by atoms with Crippen molar-refractivity contribution in [3.05, 3.63) is 34.3 Å². The van der Waals surface area contributed by atoms with Crippen molar-refractivity contribution in [2.45, 2.75) is 6.18 Å². The standard InChI is InChI=1S/C9H7ClF3N3S/c10-7-2-5(4-15-16-8(14)17)1-6(3-7)9(11,12)13/h1-4H,(H3,14,16,17). The Morgan fingerprint density at radius 1 is 1.41 bits per heavy atom. The lowest BCUT2D eigenvalue weighted by Gasteiger charge is -2.07. The third-order valence-corrected chi connectivity index (χ3v) is 1.95. The molecule has 0 saturated heterocycles. The summed E-state index contributed by atoms with van der Waals surface area (Å²) in [4.78, 5) is 0. The van der Waals surface area contributed by atoms with Crippen LogP contribution < -0.4 is 11.2 Å². The van der Waals surface area contributed by atoms with Gasteiger partial charge < -0.3 is 5.73 Å². The van der Waals surface area contributed by atoms with Crippen molar-refractivity contribution in [1.82, 2.24) is 5.43 Å². The molecule has 0 heterocycles. The first-order valence-electron chi connectivity index (χ1n) is 4.25.